The van der Waals surface area contributed by atoms with Gasteiger partial charge in [0.2, 0.25) is 5.82 Å². The molecular formula is C14H15ClN2O3. The van der Waals surface area contributed by atoms with E-state index in [4.69, 9.17) is 21.4 Å². The van der Waals surface area contributed by atoms with Gasteiger partial charge in [-0.2, -0.15) is 0 Å². The summed E-state index contributed by atoms with van der Waals surface area (Å²) in [6.07, 6.45) is 1.69. The maximum atomic E-state index is 11.1. The lowest BCUT2D eigenvalue weighted by Crippen LogP contribution is -2.10. The number of hydrogen-bond donors (Lipinski definition) is 1. The number of hydrogen-bond acceptors (Lipinski definition) is 3. The molecule has 0 unspecified atom stereocenters. The first-order valence-corrected chi connectivity index (χ1v) is 6.54. The van der Waals surface area contributed by atoms with Crippen molar-refractivity contribution < 1.29 is 14.6 Å². The Kier molecular flexibility index (Phi) is 4.29. The predicted octanol–water partition coefficient (Wildman–Crippen LogP) is 3.39. The zero-order chi connectivity index (χ0) is 14.7. The Hall–Kier alpha value is -2.01. The van der Waals surface area contributed by atoms with E-state index in [9.17, 15) is 4.79 Å². The molecule has 0 aliphatic heterocycles. The molecule has 0 fully saturated rings. The number of carboxylic acid groups (broad SMARTS) is 1. The van der Waals surface area contributed by atoms with Crippen LogP contribution in [-0.4, -0.2) is 20.6 Å². The molecule has 2 aromatic rings. The van der Waals surface area contributed by atoms with Crippen molar-refractivity contribution in [1.29, 1.82) is 0 Å². The first-order chi connectivity index (χ1) is 9.47. The van der Waals surface area contributed by atoms with Crippen LogP contribution in [-0.2, 0) is 6.61 Å². The molecule has 0 aliphatic carbocycles. The maximum absolute atomic E-state index is 11.1. The normalized spacial score (nSPS) is 10.8. The number of halogens is 1. The lowest BCUT2D eigenvalue weighted by Gasteiger charge is -2.07. The van der Waals surface area contributed by atoms with Crippen LogP contribution >= 0.6 is 11.6 Å². The van der Waals surface area contributed by atoms with Gasteiger partial charge in [-0.05, 0) is 32.0 Å². The average molecular weight is 295 g/mol. The van der Waals surface area contributed by atoms with Gasteiger partial charge in [0, 0.05) is 17.3 Å². The van der Waals surface area contributed by atoms with E-state index in [2.05, 4.69) is 4.98 Å². The van der Waals surface area contributed by atoms with Crippen LogP contribution in [0.1, 0.15) is 36.2 Å². The largest absolute Gasteiger partial charge is 0.487 e. The monoisotopic (exact) mass is 294 g/mol. The molecule has 0 bridgehead atoms. The Morgan fingerprint density at radius 3 is 2.80 bits per heavy atom. The highest BCUT2D eigenvalue weighted by Gasteiger charge is 2.16. The molecule has 0 atom stereocenters. The number of benzene rings is 1. The first kappa shape index (κ1) is 14.4. The molecule has 1 N–H and O–H groups in total. The fourth-order valence-electron chi connectivity index (χ4n) is 1.78. The molecule has 106 valence electrons. The molecule has 0 aliphatic rings. The van der Waals surface area contributed by atoms with Gasteiger partial charge in [0.05, 0.1) is 5.69 Å². The smallest absolute Gasteiger partial charge is 0.372 e. The third-order valence-corrected chi connectivity index (χ3v) is 2.95. The highest BCUT2D eigenvalue weighted by atomic mass is 35.5. The molecule has 1 aromatic carbocycles. The van der Waals surface area contributed by atoms with Crippen molar-refractivity contribution in [2.24, 2.45) is 0 Å². The van der Waals surface area contributed by atoms with E-state index in [1.54, 1.807) is 35.0 Å². The van der Waals surface area contributed by atoms with E-state index in [0.29, 0.717) is 16.5 Å². The SMILES string of the molecule is CC(C)n1cc(COc2cccc(Cl)c2)nc1C(=O)O. The summed E-state index contributed by atoms with van der Waals surface area (Å²) < 4.78 is 7.16. The van der Waals surface area contributed by atoms with Crippen LogP contribution in [0.25, 0.3) is 0 Å². The average Bonchev–Trinajstić information content (AvgIpc) is 2.81. The van der Waals surface area contributed by atoms with Crippen LogP contribution in [0.15, 0.2) is 30.5 Å². The minimum atomic E-state index is -1.05. The van der Waals surface area contributed by atoms with E-state index in [0.717, 1.165) is 0 Å². The van der Waals surface area contributed by atoms with Crippen LogP contribution in [0.2, 0.25) is 5.02 Å². The van der Waals surface area contributed by atoms with Gasteiger partial charge in [0.15, 0.2) is 0 Å². The fraction of sp³-hybridized carbons (Fsp3) is 0.286. The summed E-state index contributed by atoms with van der Waals surface area (Å²) in [6, 6.07) is 7.04. The molecule has 0 amide bonds. The lowest BCUT2D eigenvalue weighted by atomic mass is 10.3. The highest BCUT2D eigenvalue weighted by Crippen LogP contribution is 2.19. The summed E-state index contributed by atoms with van der Waals surface area (Å²) in [7, 11) is 0. The number of imidazole rings is 1. The van der Waals surface area contributed by atoms with E-state index in [-0.39, 0.29) is 18.5 Å². The van der Waals surface area contributed by atoms with Crippen molar-refractivity contribution in [3.05, 3.63) is 47.0 Å². The Bertz CT molecular complexity index is 623. The summed E-state index contributed by atoms with van der Waals surface area (Å²) in [5.74, 6) is -0.411. The molecule has 1 heterocycles. The second kappa shape index (κ2) is 5.96. The Morgan fingerprint density at radius 1 is 1.50 bits per heavy atom. The molecular weight excluding hydrogens is 280 g/mol. The second-order valence-electron chi connectivity index (χ2n) is 4.61. The number of aromatic carboxylic acids is 1. The van der Waals surface area contributed by atoms with Gasteiger partial charge in [-0.15, -0.1) is 0 Å². The molecule has 6 heteroatoms. The topological polar surface area (TPSA) is 64.4 Å². The third-order valence-electron chi connectivity index (χ3n) is 2.71. The van der Waals surface area contributed by atoms with Gasteiger partial charge in [-0.1, -0.05) is 17.7 Å². The Labute approximate surface area is 121 Å². The van der Waals surface area contributed by atoms with E-state index < -0.39 is 5.97 Å². The minimum absolute atomic E-state index is 0.0182. The molecule has 1 aromatic heterocycles. The Morgan fingerprint density at radius 2 is 2.25 bits per heavy atom. The van der Waals surface area contributed by atoms with Crippen molar-refractivity contribution in [3.8, 4) is 5.75 Å². The summed E-state index contributed by atoms with van der Waals surface area (Å²) in [5, 5.41) is 9.69. The quantitative estimate of drug-likeness (QED) is 0.918. The number of carboxylic acids is 1. The lowest BCUT2D eigenvalue weighted by molar-refractivity contribution is 0.0676. The number of carbonyl (C=O) groups is 1. The fourth-order valence-corrected chi connectivity index (χ4v) is 1.96. The molecule has 5 nitrogen and oxygen atoms in total. The number of nitrogens with zero attached hydrogens (tertiary/aromatic N) is 2. The zero-order valence-electron chi connectivity index (χ0n) is 11.2. The minimum Gasteiger partial charge on any atom is -0.487 e. The van der Waals surface area contributed by atoms with Gasteiger partial charge >= 0.3 is 5.97 Å². The second-order valence-corrected chi connectivity index (χ2v) is 5.04. The van der Waals surface area contributed by atoms with Crippen LogP contribution < -0.4 is 4.74 Å². The van der Waals surface area contributed by atoms with Gasteiger partial charge in [0.1, 0.15) is 12.4 Å². The van der Waals surface area contributed by atoms with E-state index >= 15 is 0 Å². The summed E-state index contributed by atoms with van der Waals surface area (Å²) in [4.78, 5) is 15.2. The van der Waals surface area contributed by atoms with Gasteiger partial charge < -0.3 is 14.4 Å². The number of ether oxygens (including phenoxy) is 1. The van der Waals surface area contributed by atoms with E-state index in [1.807, 2.05) is 13.8 Å². The summed E-state index contributed by atoms with van der Waals surface area (Å²) >= 11 is 5.86. The van der Waals surface area contributed by atoms with Crippen molar-refractivity contribution >= 4 is 17.6 Å². The highest BCUT2D eigenvalue weighted by molar-refractivity contribution is 6.30. The molecule has 20 heavy (non-hydrogen) atoms. The maximum Gasteiger partial charge on any atom is 0.372 e. The van der Waals surface area contributed by atoms with Crippen LogP contribution in [0.3, 0.4) is 0 Å². The number of rotatable bonds is 5. The molecule has 0 radical (unpaired) electrons. The standard InChI is InChI=1S/C14H15ClN2O3/c1-9(2)17-7-11(16-13(17)14(18)19)8-20-12-5-3-4-10(15)6-12/h3-7,9H,8H2,1-2H3,(H,18,19). The van der Waals surface area contributed by atoms with Crippen molar-refractivity contribution in [1.82, 2.24) is 9.55 Å². The van der Waals surface area contributed by atoms with Crippen molar-refractivity contribution in [3.63, 3.8) is 0 Å². The van der Waals surface area contributed by atoms with E-state index in [1.165, 1.54) is 0 Å². The van der Waals surface area contributed by atoms with Crippen LogP contribution in [0.5, 0.6) is 5.75 Å². The van der Waals surface area contributed by atoms with Gasteiger partial charge in [-0.3, -0.25) is 0 Å². The summed E-state index contributed by atoms with van der Waals surface area (Å²) in [5.41, 5.74) is 0.566. The van der Waals surface area contributed by atoms with Gasteiger partial charge in [0.25, 0.3) is 0 Å². The van der Waals surface area contributed by atoms with Crippen LogP contribution in [0.4, 0.5) is 0 Å². The third kappa shape index (κ3) is 3.30. The molecule has 0 saturated heterocycles. The predicted molar refractivity (Wildman–Crippen MR) is 75.4 cm³/mol. The van der Waals surface area contributed by atoms with Crippen molar-refractivity contribution in [2.75, 3.05) is 0 Å². The Balaban J connectivity index is 2.14. The molecule has 0 saturated carbocycles. The van der Waals surface area contributed by atoms with Gasteiger partial charge in [-0.25, -0.2) is 9.78 Å². The molecule has 0 spiro atoms. The molecule has 2 rings (SSSR count). The first-order valence-electron chi connectivity index (χ1n) is 6.17. The number of aromatic nitrogens is 2. The summed E-state index contributed by atoms with van der Waals surface area (Å²) in [6.45, 7) is 3.99. The van der Waals surface area contributed by atoms with Crippen LogP contribution in [0, 0.1) is 0 Å². The zero-order valence-corrected chi connectivity index (χ0v) is 12.0. The van der Waals surface area contributed by atoms with Crippen molar-refractivity contribution in [2.45, 2.75) is 26.5 Å².